The Hall–Kier alpha value is -1.88. The second-order valence-electron chi connectivity index (χ2n) is 4.86. The molecule has 0 saturated carbocycles. The molecule has 0 fully saturated rings. The number of hydrogen-bond donors (Lipinski definition) is 2. The fourth-order valence-electron chi connectivity index (χ4n) is 2.08. The molecule has 0 unspecified atom stereocenters. The minimum absolute atomic E-state index is 0.00907. The monoisotopic (exact) mass is 260 g/mol. The van der Waals surface area contributed by atoms with Crippen LogP contribution >= 0.6 is 0 Å². The molecule has 19 heavy (non-hydrogen) atoms. The van der Waals surface area contributed by atoms with Gasteiger partial charge in [-0.1, -0.05) is 12.1 Å². The molecule has 0 aliphatic heterocycles. The number of aromatic nitrogens is 2. The number of carbonyl (C=O) groups excluding carboxylic acids is 1. The molecule has 5 heteroatoms. The number of nitrogens with one attached hydrogen (secondary N) is 2. The van der Waals surface area contributed by atoms with Crippen LogP contribution in [0.3, 0.4) is 0 Å². The van der Waals surface area contributed by atoms with E-state index in [9.17, 15) is 4.79 Å². The van der Waals surface area contributed by atoms with Gasteiger partial charge >= 0.3 is 0 Å². The van der Waals surface area contributed by atoms with Gasteiger partial charge in [0.1, 0.15) is 5.82 Å². The van der Waals surface area contributed by atoms with E-state index in [0.717, 1.165) is 22.4 Å². The summed E-state index contributed by atoms with van der Waals surface area (Å²) in [6.07, 6.45) is 0. The second-order valence-corrected chi connectivity index (χ2v) is 4.86. The maximum absolute atomic E-state index is 11.6. The van der Waals surface area contributed by atoms with Gasteiger partial charge in [0.15, 0.2) is 0 Å². The summed E-state index contributed by atoms with van der Waals surface area (Å²) < 4.78 is 0. The average molecular weight is 260 g/mol. The number of para-hydroxylation sites is 1. The number of aryl methyl sites for hydroxylation is 1. The molecule has 2 N–H and O–H groups in total. The summed E-state index contributed by atoms with van der Waals surface area (Å²) in [5.74, 6) is 0.886. The van der Waals surface area contributed by atoms with E-state index in [0.29, 0.717) is 6.54 Å². The highest BCUT2D eigenvalue weighted by Gasteiger charge is 2.18. The molecule has 1 amide bonds. The third kappa shape index (κ3) is 2.76. The first-order valence-electron chi connectivity index (χ1n) is 6.39. The van der Waals surface area contributed by atoms with Gasteiger partial charge in [0, 0.05) is 7.05 Å². The van der Waals surface area contributed by atoms with Crippen LogP contribution in [0.4, 0.5) is 0 Å². The third-order valence-corrected chi connectivity index (χ3v) is 3.45. The smallest absolute Gasteiger partial charge is 0.236 e. The number of likely N-dealkylation sites (N-methyl/N-ethyl adjacent to an activating group) is 2. The molecule has 1 aromatic heterocycles. The van der Waals surface area contributed by atoms with Gasteiger partial charge in [0.25, 0.3) is 0 Å². The van der Waals surface area contributed by atoms with Gasteiger partial charge in [-0.05, 0) is 32.5 Å². The van der Waals surface area contributed by atoms with Gasteiger partial charge in [-0.25, -0.2) is 4.98 Å². The zero-order chi connectivity index (χ0) is 14.0. The van der Waals surface area contributed by atoms with E-state index in [1.165, 1.54) is 0 Å². The number of H-pyrrole nitrogens is 1. The summed E-state index contributed by atoms with van der Waals surface area (Å²) in [4.78, 5) is 21.4. The predicted octanol–water partition coefficient (Wildman–Crippen LogP) is 1.44. The third-order valence-electron chi connectivity index (χ3n) is 3.45. The number of nitrogens with zero attached hydrogens (tertiary/aromatic N) is 2. The Labute approximate surface area is 113 Å². The van der Waals surface area contributed by atoms with E-state index >= 15 is 0 Å². The van der Waals surface area contributed by atoms with Gasteiger partial charge < -0.3 is 10.3 Å². The summed E-state index contributed by atoms with van der Waals surface area (Å²) in [6, 6.07) is 5.89. The van der Waals surface area contributed by atoms with Crippen LogP contribution in [-0.2, 0) is 11.3 Å². The summed E-state index contributed by atoms with van der Waals surface area (Å²) in [5.41, 5.74) is 3.19. The Kier molecular flexibility index (Phi) is 3.85. The van der Waals surface area contributed by atoms with Crippen LogP contribution in [0.25, 0.3) is 11.0 Å². The topological polar surface area (TPSA) is 61.0 Å². The molecule has 0 aliphatic rings. The molecule has 1 atom stereocenters. The molecule has 0 saturated heterocycles. The first kappa shape index (κ1) is 13.5. The Balaban J connectivity index is 2.17. The second kappa shape index (κ2) is 5.40. The lowest BCUT2D eigenvalue weighted by molar-refractivity contribution is -0.125. The van der Waals surface area contributed by atoms with Crippen LogP contribution < -0.4 is 5.32 Å². The number of aromatic amines is 1. The van der Waals surface area contributed by atoms with Gasteiger partial charge in [-0.15, -0.1) is 0 Å². The van der Waals surface area contributed by atoms with E-state index in [1.54, 1.807) is 7.05 Å². The van der Waals surface area contributed by atoms with Crippen molar-refractivity contribution in [3.8, 4) is 0 Å². The number of carbonyl (C=O) groups is 1. The average Bonchev–Trinajstić information content (AvgIpc) is 2.80. The van der Waals surface area contributed by atoms with Crippen molar-refractivity contribution < 1.29 is 4.79 Å². The summed E-state index contributed by atoms with van der Waals surface area (Å²) >= 11 is 0. The lowest BCUT2D eigenvalue weighted by Crippen LogP contribution is -2.41. The van der Waals surface area contributed by atoms with Crippen LogP contribution in [-0.4, -0.2) is 40.9 Å². The fraction of sp³-hybridized carbons (Fsp3) is 0.429. The van der Waals surface area contributed by atoms with E-state index < -0.39 is 0 Å². The quantitative estimate of drug-likeness (QED) is 0.874. The number of benzene rings is 1. The molecule has 0 aliphatic carbocycles. The Morgan fingerprint density at radius 2 is 2.26 bits per heavy atom. The maximum Gasteiger partial charge on any atom is 0.236 e. The number of imidazole rings is 1. The molecule has 0 bridgehead atoms. The highest BCUT2D eigenvalue weighted by atomic mass is 16.2. The van der Waals surface area contributed by atoms with Gasteiger partial charge in [-0.2, -0.15) is 0 Å². The van der Waals surface area contributed by atoms with E-state index in [4.69, 9.17) is 0 Å². The van der Waals surface area contributed by atoms with Crippen molar-refractivity contribution in [2.75, 3.05) is 14.1 Å². The predicted molar refractivity (Wildman–Crippen MR) is 75.8 cm³/mol. The van der Waals surface area contributed by atoms with Crippen LogP contribution in [0.2, 0.25) is 0 Å². The highest BCUT2D eigenvalue weighted by Crippen LogP contribution is 2.16. The first-order chi connectivity index (χ1) is 9.02. The highest BCUT2D eigenvalue weighted by molar-refractivity contribution is 5.81. The minimum Gasteiger partial charge on any atom is -0.358 e. The van der Waals surface area contributed by atoms with Crippen LogP contribution in [0.1, 0.15) is 18.3 Å². The number of fused-ring (bicyclic) bond motifs is 1. The van der Waals surface area contributed by atoms with Crippen molar-refractivity contribution >= 4 is 16.9 Å². The van der Waals surface area contributed by atoms with Crippen molar-refractivity contribution in [3.05, 3.63) is 29.6 Å². The zero-order valence-electron chi connectivity index (χ0n) is 11.8. The van der Waals surface area contributed by atoms with Gasteiger partial charge in [0.05, 0.1) is 23.6 Å². The van der Waals surface area contributed by atoms with Gasteiger partial charge in [-0.3, -0.25) is 9.69 Å². The van der Waals surface area contributed by atoms with Crippen molar-refractivity contribution in [1.82, 2.24) is 20.2 Å². The van der Waals surface area contributed by atoms with Crippen molar-refractivity contribution in [2.45, 2.75) is 26.4 Å². The maximum atomic E-state index is 11.6. The molecular weight excluding hydrogens is 240 g/mol. The molecule has 2 aromatic rings. The van der Waals surface area contributed by atoms with E-state index in [2.05, 4.69) is 15.3 Å². The molecular formula is C14H20N4O. The fourth-order valence-corrected chi connectivity index (χ4v) is 2.08. The number of amides is 1. The lowest BCUT2D eigenvalue weighted by atomic mass is 10.2. The zero-order valence-corrected chi connectivity index (χ0v) is 11.8. The Morgan fingerprint density at radius 3 is 2.89 bits per heavy atom. The van der Waals surface area contributed by atoms with Crippen LogP contribution in [0.5, 0.6) is 0 Å². The van der Waals surface area contributed by atoms with Crippen LogP contribution in [0, 0.1) is 6.92 Å². The summed E-state index contributed by atoms with van der Waals surface area (Å²) in [6.45, 7) is 4.54. The number of hydrogen-bond acceptors (Lipinski definition) is 3. The van der Waals surface area contributed by atoms with Crippen molar-refractivity contribution in [3.63, 3.8) is 0 Å². The number of rotatable bonds is 4. The molecule has 0 spiro atoms. The molecule has 2 rings (SSSR count). The molecule has 0 radical (unpaired) electrons. The normalized spacial score (nSPS) is 12.9. The Morgan fingerprint density at radius 1 is 1.53 bits per heavy atom. The summed E-state index contributed by atoms with van der Waals surface area (Å²) in [5, 5.41) is 2.66. The summed E-state index contributed by atoms with van der Waals surface area (Å²) in [7, 11) is 3.57. The first-order valence-corrected chi connectivity index (χ1v) is 6.39. The van der Waals surface area contributed by atoms with Crippen molar-refractivity contribution in [2.24, 2.45) is 0 Å². The molecule has 102 valence electrons. The van der Waals surface area contributed by atoms with Crippen LogP contribution in [0.15, 0.2) is 18.2 Å². The largest absolute Gasteiger partial charge is 0.358 e. The lowest BCUT2D eigenvalue weighted by Gasteiger charge is -2.21. The standard InChI is InChI=1S/C14H20N4O/c1-9-6-5-7-11-13(9)17-12(16-11)8-18(4)10(2)14(19)15-3/h5-7,10H,8H2,1-4H3,(H,15,19)(H,16,17)/t10-/m1/s1. The SMILES string of the molecule is CNC(=O)[C@@H](C)N(C)Cc1nc2c(C)cccc2[nH]1. The molecule has 1 aromatic carbocycles. The Bertz CT molecular complexity index is 590. The molecule has 1 heterocycles. The molecule has 5 nitrogen and oxygen atoms in total. The van der Waals surface area contributed by atoms with Gasteiger partial charge in [0.2, 0.25) is 5.91 Å². The van der Waals surface area contributed by atoms with Crippen molar-refractivity contribution in [1.29, 1.82) is 0 Å². The van der Waals surface area contributed by atoms with E-state index in [1.807, 2.05) is 44.0 Å². The van der Waals surface area contributed by atoms with E-state index in [-0.39, 0.29) is 11.9 Å². The minimum atomic E-state index is -0.181.